The van der Waals surface area contributed by atoms with E-state index in [4.69, 9.17) is 5.73 Å². The van der Waals surface area contributed by atoms with Crippen molar-refractivity contribution in [2.24, 2.45) is 24.6 Å². The van der Waals surface area contributed by atoms with Gasteiger partial charge in [0, 0.05) is 44.0 Å². The third-order valence-electron chi connectivity index (χ3n) is 4.72. The summed E-state index contributed by atoms with van der Waals surface area (Å²) in [6.45, 7) is 5.59. The van der Waals surface area contributed by atoms with Crippen LogP contribution in [0.3, 0.4) is 0 Å². The van der Waals surface area contributed by atoms with Gasteiger partial charge >= 0.3 is 0 Å². The zero-order valence-electron chi connectivity index (χ0n) is 11.2. The van der Waals surface area contributed by atoms with Gasteiger partial charge in [0.1, 0.15) is 0 Å². The van der Waals surface area contributed by atoms with E-state index in [1.54, 1.807) is 0 Å². The minimum absolute atomic E-state index is 0. The minimum atomic E-state index is 0. The lowest BCUT2D eigenvalue weighted by atomic mass is 9.98. The molecule has 0 radical (unpaired) electrons. The number of hydrogen-bond acceptors (Lipinski definition) is 3. The van der Waals surface area contributed by atoms with Crippen LogP contribution in [0, 0.1) is 18.8 Å². The first-order chi connectivity index (χ1) is 8.15. The number of fused-ring (bicyclic) bond motifs is 1. The van der Waals surface area contributed by atoms with Gasteiger partial charge in [-0.05, 0) is 31.6 Å². The molecule has 2 heterocycles. The van der Waals surface area contributed by atoms with Crippen molar-refractivity contribution in [3.05, 3.63) is 17.5 Å². The van der Waals surface area contributed by atoms with Crippen LogP contribution in [0.2, 0.25) is 0 Å². The molecule has 0 bridgehead atoms. The van der Waals surface area contributed by atoms with Gasteiger partial charge in [-0.3, -0.25) is 9.58 Å². The molecule has 1 aromatic heterocycles. The Hall–Kier alpha value is -0.580. The number of aromatic nitrogens is 2. The summed E-state index contributed by atoms with van der Waals surface area (Å²) < 4.78 is 1.96. The maximum Gasteiger partial charge on any atom is 0.0537 e. The molecule has 2 N–H and O–H groups in total. The van der Waals surface area contributed by atoms with Crippen LogP contribution in [0.25, 0.3) is 0 Å². The predicted octanol–water partition coefficient (Wildman–Crippen LogP) is 1.32. The molecule has 1 saturated carbocycles. The molecule has 1 aromatic rings. The molecule has 2 aliphatic rings. The number of aryl methyl sites for hydroxylation is 1. The van der Waals surface area contributed by atoms with Gasteiger partial charge in [0.05, 0.1) is 6.20 Å². The molecular weight excluding hydrogens is 248 g/mol. The van der Waals surface area contributed by atoms with Gasteiger partial charge in [-0.2, -0.15) is 5.10 Å². The lowest BCUT2D eigenvalue weighted by Gasteiger charge is -2.18. The maximum absolute atomic E-state index is 6.17. The summed E-state index contributed by atoms with van der Waals surface area (Å²) in [5.41, 5.74) is 8.81. The molecule has 4 nitrogen and oxygen atoms in total. The average Bonchev–Trinajstić information content (AvgIpc) is 2.93. The highest BCUT2D eigenvalue weighted by molar-refractivity contribution is 5.85. The van der Waals surface area contributed by atoms with Crippen LogP contribution >= 0.6 is 12.4 Å². The zero-order valence-corrected chi connectivity index (χ0v) is 12.0. The van der Waals surface area contributed by atoms with Crippen molar-refractivity contribution in [2.45, 2.75) is 32.4 Å². The summed E-state index contributed by atoms with van der Waals surface area (Å²) in [6.07, 6.45) is 4.56. The number of likely N-dealkylation sites (tertiary alicyclic amines) is 1. The molecule has 3 unspecified atom stereocenters. The second-order valence-corrected chi connectivity index (χ2v) is 5.74. The number of nitrogens with two attached hydrogens (primary N) is 1. The standard InChI is InChI=1S/C13H22N4.ClH/c1-9-11(5-15-16(9)2)7-17-6-10-3-4-13(14)12(10)8-17;/h5,10,12-13H,3-4,6-8,14H2,1-2H3;1H. The van der Waals surface area contributed by atoms with E-state index < -0.39 is 0 Å². The normalized spacial score (nSPS) is 31.4. The van der Waals surface area contributed by atoms with Crippen molar-refractivity contribution in [3.8, 4) is 0 Å². The van der Waals surface area contributed by atoms with Gasteiger partial charge in [-0.15, -0.1) is 12.4 Å². The molecule has 3 atom stereocenters. The summed E-state index contributed by atoms with van der Waals surface area (Å²) in [4.78, 5) is 2.55. The second-order valence-electron chi connectivity index (χ2n) is 5.74. The minimum Gasteiger partial charge on any atom is -0.327 e. The Kier molecular flexibility index (Phi) is 3.99. The summed E-state index contributed by atoms with van der Waals surface area (Å²) in [5, 5.41) is 4.31. The first-order valence-electron chi connectivity index (χ1n) is 6.60. The van der Waals surface area contributed by atoms with E-state index in [1.165, 1.54) is 37.2 Å². The highest BCUT2D eigenvalue weighted by atomic mass is 35.5. The Labute approximate surface area is 115 Å². The van der Waals surface area contributed by atoms with Crippen molar-refractivity contribution in [2.75, 3.05) is 13.1 Å². The van der Waals surface area contributed by atoms with Gasteiger partial charge in [0.15, 0.2) is 0 Å². The molecule has 102 valence electrons. The Morgan fingerprint density at radius 3 is 2.78 bits per heavy atom. The number of nitrogens with zero attached hydrogens (tertiary/aromatic N) is 3. The van der Waals surface area contributed by atoms with Crippen molar-refractivity contribution in [1.29, 1.82) is 0 Å². The van der Waals surface area contributed by atoms with E-state index in [2.05, 4.69) is 16.9 Å². The Balaban J connectivity index is 0.00000120. The highest BCUT2D eigenvalue weighted by Gasteiger charge is 2.40. The summed E-state index contributed by atoms with van der Waals surface area (Å²) in [7, 11) is 2.01. The molecule has 0 amide bonds. The summed E-state index contributed by atoms with van der Waals surface area (Å²) in [5.74, 6) is 1.59. The van der Waals surface area contributed by atoms with Crippen LogP contribution < -0.4 is 5.73 Å². The fourth-order valence-corrected chi connectivity index (χ4v) is 3.47. The van der Waals surface area contributed by atoms with Crippen LogP contribution in [-0.4, -0.2) is 33.8 Å². The van der Waals surface area contributed by atoms with E-state index >= 15 is 0 Å². The molecule has 1 aliphatic carbocycles. The largest absolute Gasteiger partial charge is 0.327 e. The average molecular weight is 271 g/mol. The molecule has 1 saturated heterocycles. The molecule has 18 heavy (non-hydrogen) atoms. The first-order valence-corrected chi connectivity index (χ1v) is 6.60. The lowest BCUT2D eigenvalue weighted by molar-refractivity contribution is 0.297. The fraction of sp³-hybridized carbons (Fsp3) is 0.769. The quantitative estimate of drug-likeness (QED) is 0.882. The molecule has 5 heteroatoms. The van der Waals surface area contributed by atoms with Crippen molar-refractivity contribution < 1.29 is 0 Å². The van der Waals surface area contributed by atoms with E-state index in [-0.39, 0.29) is 12.4 Å². The van der Waals surface area contributed by atoms with Gasteiger partial charge in [-0.1, -0.05) is 0 Å². The van der Waals surface area contributed by atoms with E-state index in [1.807, 2.05) is 17.9 Å². The van der Waals surface area contributed by atoms with Gasteiger partial charge < -0.3 is 5.73 Å². The third-order valence-corrected chi connectivity index (χ3v) is 4.72. The lowest BCUT2D eigenvalue weighted by Crippen LogP contribution is -2.30. The maximum atomic E-state index is 6.17. The molecule has 3 rings (SSSR count). The molecule has 0 spiro atoms. The predicted molar refractivity (Wildman–Crippen MR) is 74.7 cm³/mol. The number of halogens is 1. The van der Waals surface area contributed by atoms with Gasteiger partial charge in [-0.25, -0.2) is 0 Å². The van der Waals surface area contributed by atoms with Gasteiger partial charge in [0.25, 0.3) is 0 Å². The van der Waals surface area contributed by atoms with Crippen LogP contribution in [0.1, 0.15) is 24.1 Å². The third kappa shape index (κ3) is 2.29. The van der Waals surface area contributed by atoms with Gasteiger partial charge in [0.2, 0.25) is 0 Å². The molecule has 0 aromatic carbocycles. The zero-order chi connectivity index (χ0) is 12.0. The first kappa shape index (κ1) is 13.8. The highest BCUT2D eigenvalue weighted by Crippen LogP contribution is 2.37. The van der Waals surface area contributed by atoms with E-state index in [0.29, 0.717) is 6.04 Å². The van der Waals surface area contributed by atoms with Crippen molar-refractivity contribution in [3.63, 3.8) is 0 Å². The van der Waals surface area contributed by atoms with Crippen molar-refractivity contribution >= 4 is 12.4 Å². The second kappa shape index (κ2) is 5.19. The summed E-state index contributed by atoms with van der Waals surface area (Å²) >= 11 is 0. The smallest absolute Gasteiger partial charge is 0.0537 e. The Bertz CT molecular complexity index is 417. The van der Waals surface area contributed by atoms with Crippen LogP contribution in [0.15, 0.2) is 6.20 Å². The monoisotopic (exact) mass is 270 g/mol. The SMILES string of the molecule is Cc1c(CN2CC3CCC(N)C3C2)cnn1C.Cl. The Morgan fingerprint density at radius 1 is 1.39 bits per heavy atom. The van der Waals surface area contributed by atoms with Crippen molar-refractivity contribution in [1.82, 2.24) is 14.7 Å². The number of rotatable bonds is 2. The fourth-order valence-electron chi connectivity index (χ4n) is 3.47. The molecule has 2 fully saturated rings. The van der Waals surface area contributed by atoms with Crippen LogP contribution in [0.4, 0.5) is 0 Å². The number of hydrogen-bond donors (Lipinski definition) is 1. The molecular formula is C13H23ClN4. The molecule has 1 aliphatic heterocycles. The van der Waals surface area contributed by atoms with E-state index in [9.17, 15) is 0 Å². The van der Waals surface area contributed by atoms with Crippen LogP contribution in [0.5, 0.6) is 0 Å². The topological polar surface area (TPSA) is 47.1 Å². The van der Waals surface area contributed by atoms with E-state index in [0.717, 1.165) is 18.4 Å². The summed E-state index contributed by atoms with van der Waals surface area (Å²) in [6, 6.07) is 0.444. The Morgan fingerprint density at radius 2 is 2.17 bits per heavy atom. The van der Waals surface area contributed by atoms with Crippen LogP contribution in [-0.2, 0) is 13.6 Å².